The monoisotopic (exact) mass is 263 g/mol. The van der Waals surface area contributed by atoms with Crippen LogP contribution in [0.2, 0.25) is 0 Å². The number of likely N-dealkylation sites (N-methyl/N-ethyl adjacent to an activating group) is 1. The van der Waals surface area contributed by atoms with Crippen molar-refractivity contribution in [3.05, 3.63) is 24.3 Å². The van der Waals surface area contributed by atoms with Crippen molar-refractivity contribution in [1.82, 2.24) is 10.3 Å². The number of fused-ring (bicyclic) bond motifs is 1. The van der Waals surface area contributed by atoms with Crippen molar-refractivity contribution < 1.29 is 0 Å². The number of para-hydroxylation sites is 1. The maximum absolute atomic E-state index is 4.64. The van der Waals surface area contributed by atoms with Gasteiger partial charge in [0.2, 0.25) is 0 Å². The molecule has 1 heterocycles. The SMILES string of the molecule is CN(CCNC(C)(C)C)c1nc2ccccc2s1. The molecule has 0 saturated heterocycles. The van der Waals surface area contributed by atoms with Gasteiger partial charge in [-0.3, -0.25) is 0 Å². The highest BCUT2D eigenvalue weighted by atomic mass is 32.1. The molecule has 0 fully saturated rings. The van der Waals surface area contributed by atoms with Crippen molar-refractivity contribution >= 4 is 26.7 Å². The summed E-state index contributed by atoms with van der Waals surface area (Å²) in [6.45, 7) is 8.49. The van der Waals surface area contributed by atoms with Crippen molar-refractivity contribution in [2.45, 2.75) is 26.3 Å². The summed E-state index contributed by atoms with van der Waals surface area (Å²) in [4.78, 5) is 6.86. The summed E-state index contributed by atoms with van der Waals surface area (Å²) in [5.41, 5.74) is 1.27. The number of aromatic nitrogens is 1. The average molecular weight is 263 g/mol. The third-order valence-corrected chi connectivity index (χ3v) is 3.86. The smallest absolute Gasteiger partial charge is 0.186 e. The fraction of sp³-hybridized carbons (Fsp3) is 0.500. The van der Waals surface area contributed by atoms with E-state index in [0.29, 0.717) is 0 Å². The van der Waals surface area contributed by atoms with E-state index < -0.39 is 0 Å². The summed E-state index contributed by atoms with van der Waals surface area (Å²) in [5, 5.41) is 4.58. The highest BCUT2D eigenvalue weighted by molar-refractivity contribution is 7.22. The molecule has 0 atom stereocenters. The van der Waals surface area contributed by atoms with E-state index in [1.807, 2.05) is 6.07 Å². The summed E-state index contributed by atoms with van der Waals surface area (Å²) in [5.74, 6) is 0. The summed E-state index contributed by atoms with van der Waals surface area (Å²) in [6.07, 6.45) is 0. The van der Waals surface area contributed by atoms with Gasteiger partial charge < -0.3 is 10.2 Å². The first kappa shape index (κ1) is 13.3. The molecule has 18 heavy (non-hydrogen) atoms. The number of hydrogen-bond acceptors (Lipinski definition) is 4. The van der Waals surface area contributed by atoms with Gasteiger partial charge in [0.1, 0.15) is 0 Å². The van der Waals surface area contributed by atoms with E-state index in [1.54, 1.807) is 11.3 Å². The Morgan fingerprint density at radius 2 is 2.00 bits per heavy atom. The van der Waals surface area contributed by atoms with Crippen LogP contribution < -0.4 is 10.2 Å². The molecule has 0 bridgehead atoms. The van der Waals surface area contributed by atoms with E-state index in [2.05, 4.69) is 61.2 Å². The first-order chi connectivity index (χ1) is 8.46. The topological polar surface area (TPSA) is 28.2 Å². The van der Waals surface area contributed by atoms with Gasteiger partial charge in [0, 0.05) is 25.7 Å². The number of anilines is 1. The van der Waals surface area contributed by atoms with Crippen LogP contribution in [0.3, 0.4) is 0 Å². The quantitative estimate of drug-likeness (QED) is 0.918. The van der Waals surface area contributed by atoms with Crippen molar-refractivity contribution in [3.8, 4) is 0 Å². The van der Waals surface area contributed by atoms with E-state index in [4.69, 9.17) is 0 Å². The fourth-order valence-corrected chi connectivity index (χ4v) is 2.67. The Balaban J connectivity index is 1.98. The Labute approximate surface area is 113 Å². The van der Waals surface area contributed by atoms with Gasteiger partial charge in [0.25, 0.3) is 0 Å². The highest BCUT2D eigenvalue weighted by Gasteiger charge is 2.11. The molecule has 0 aliphatic rings. The normalized spacial score (nSPS) is 12.0. The molecule has 0 amide bonds. The van der Waals surface area contributed by atoms with Crippen molar-refractivity contribution in [1.29, 1.82) is 0 Å². The molecule has 98 valence electrons. The maximum Gasteiger partial charge on any atom is 0.186 e. The molecule has 1 aromatic carbocycles. The Bertz CT molecular complexity index is 480. The van der Waals surface area contributed by atoms with Crippen LogP contribution in [0.1, 0.15) is 20.8 Å². The molecule has 0 aliphatic heterocycles. The van der Waals surface area contributed by atoms with Gasteiger partial charge in [-0.2, -0.15) is 0 Å². The van der Waals surface area contributed by atoms with Crippen LogP contribution in [0.5, 0.6) is 0 Å². The predicted molar refractivity (Wildman–Crippen MR) is 80.6 cm³/mol. The third kappa shape index (κ3) is 3.43. The lowest BCUT2D eigenvalue weighted by molar-refractivity contribution is 0.431. The summed E-state index contributed by atoms with van der Waals surface area (Å²) >= 11 is 1.75. The standard InChI is InChI=1S/C14H21N3S/c1-14(2,3)15-9-10-17(4)13-16-11-7-5-6-8-12(11)18-13/h5-8,15H,9-10H2,1-4H3. The molecule has 4 heteroatoms. The molecule has 2 rings (SSSR count). The van der Waals surface area contributed by atoms with Gasteiger partial charge in [-0.1, -0.05) is 23.5 Å². The van der Waals surface area contributed by atoms with Crippen LogP contribution in [0.4, 0.5) is 5.13 Å². The Morgan fingerprint density at radius 1 is 1.28 bits per heavy atom. The lowest BCUT2D eigenvalue weighted by Gasteiger charge is -2.23. The van der Waals surface area contributed by atoms with Crippen molar-refractivity contribution in [2.24, 2.45) is 0 Å². The fourth-order valence-electron chi connectivity index (χ4n) is 1.72. The number of rotatable bonds is 4. The van der Waals surface area contributed by atoms with Crippen LogP contribution in [0, 0.1) is 0 Å². The van der Waals surface area contributed by atoms with Gasteiger partial charge in [-0.25, -0.2) is 4.98 Å². The number of thiazole rings is 1. The lowest BCUT2D eigenvalue weighted by atomic mass is 10.1. The molecule has 0 spiro atoms. The van der Waals surface area contributed by atoms with Gasteiger partial charge >= 0.3 is 0 Å². The number of nitrogens with zero attached hydrogens (tertiary/aromatic N) is 2. The number of hydrogen-bond donors (Lipinski definition) is 1. The molecule has 0 unspecified atom stereocenters. The average Bonchev–Trinajstić information content (AvgIpc) is 2.70. The second-order valence-corrected chi connectivity index (χ2v) is 6.57. The van der Waals surface area contributed by atoms with Crippen molar-refractivity contribution in [3.63, 3.8) is 0 Å². The van der Waals surface area contributed by atoms with E-state index >= 15 is 0 Å². The highest BCUT2D eigenvalue weighted by Crippen LogP contribution is 2.27. The number of benzene rings is 1. The zero-order valence-corrected chi connectivity index (χ0v) is 12.3. The zero-order chi connectivity index (χ0) is 13.2. The minimum absolute atomic E-state index is 0.175. The second-order valence-electron chi connectivity index (χ2n) is 5.56. The molecule has 1 N–H and O–H groups in total. The minimum Gasteiger partial charge on any atom is -0.350 e. The summed E-state index contributed by atoms with van der Waals surface area (Å²) in [6, 6.07) is 8.28. The molecule has 3 nitrogen and oxygen atoms in total. The van der Waals surface area contributed by atoms with Crippen LogP contribution >= 0.6 is 11.3 Å². The van der Waals surface area contributed by atoms with Crippen molar-refractivity contribution in [2.75, 3.05) is 25.0 Å². The van der Waals surface area contributed by atoms with Crippen LogP contribution in [0.15, 0.2) is 24.3 Å². The van der Waals surface area contributed by atoms with Gasteiger partial charge in [0.15, 0.2) is 5.13 Å². The van der Waals surface area contributed by atoms with E-state index in [0.717, 1.165) is 23.7 Å². The van der Waals surface area contributed by atoms with Crippen LogP contribution in [0.25, 0.3) is 10.2 Å². The maximum atomic E-state index is 4.64. The van der Waals surface area contributed by atoms with E-state index in [-0.39, 0.29) is 5.54 Å². The van der Waals surface area contributed by atoms with Crippen LogP contribution in [-0.4, -0.2) is 30.7 Å². The first-order valence-corrected chi connectivity index (χ1v) is 7.09. The van der Waals surface area contributed by atoms with Gasteiger partial charge in [0.05, 0.1) is 10.2 Å². The molecular formula is C14H21N3S. The van der Waals surface area contributed by atoms with E-state index in [9.17, 15) is 0 Å². The Kier molecular flexibility index (Phi) is 3.88. The molecule has 0 radical (unpaired) electrons. The second kappa shape index (κ2) is 5.24. The molecule has 0 saturated carbocycles. The Morgan fingerprint density at radius 3 is 2.67 bits per heavy atom. The van der Waals surface area contributed by atoms with Gasteiger partial charge in [-0.15, -0.1) is 0 Å². The van der Waals surface area contributed by atoms with E-state index in [1.165, 1.54) is 4.70 Å². The third-order valence-electron chi connectivity index (χ3n) is 2.71. The summed E-state index contributed by atoms with van der Waals surface area (Å²) in [7, 11) is 2.10. The summed E-state index contributed by atoms with van der Waals surface area (Å²) < 4.78 is 1.25. The Hall–Kier alpha value is -1.13. The van der Waals surface area contributed by atoms with Gasteiger partial charge in [-0.05, 0) is 32.9 Å². The largest absolute Gasteiger partial charge is 0.350 e. The minimum atomic E-state index is 0.175. The molecule has 1 aromatic heterocycles. The zero-order valence-electron chi connectivity index (χ0n) is 11.5. The molecule has 2 aromatic rings. The molecule has 0 aliphatic carbocycles. The number of nitrogens with one attached hydrogen (secondary N) is 1. The van der Waals surface area contributed by atoms with Crippen LogP contribution in [-0.2, 0) is 0 Å². The lowest BCUT2D eigenvalue weighted by Crippen LogP contribution is -2.40. The molecular weight excluding hydrogens is 242 g/mol. The first-order valence-electron chi connectivity index (χ1n) is 6.27. The predicted octanol–water partition coefficient (Wildman–Crippen LogP) is 3.12.